The monoisotopic (exact) mass is 459 g/mol. The lowest BCUT2D eigenvalue weighted by molar-refractivity contribution is 0.0648. The van der Waals surface area contributed by atoms with Gasteiger partial charge in [0.1, 0.15) is 5.58 Å². The van der Waals surface area contributed by atoms with Gasteiger partial charge in [-0.15, -0.1) is 0 Å². The van der Waals surface area contributed by atoms with Gasteiger partial charge in [-0.2, -0.15) is 0 Å². The Morgan fingerprint density at radius 3 is 2.55 bits per heavy atom. The number of rotatable bonds is 4. The Morgan fingerprint density at radius 1 is 1.16 bits per heavy atom. The SMILES string of the molecule is Cc1cc2oc(C(=O)N(Cc3ccccc3Cl)[C@@H]3CCS(=O)(=O)C3)cc(=O)c2cc1C. The van der Waals surface area contributed by atoms with E-state index in [2.05, 4.69) is 0 Å². The molecule has 1 fully saturated rings. The molecular weight excluding hydrogens is 438 g/mol. The van der Waals surface area contributed by atoms with Crippen LogP contribution < -0.4 is 5.43 Å². The minimum absolute atomic E-state index is 0.0180. The molecule has 1 amide bonds. The topological polar surface area (TPSA) is 84.7 Å². The molecule has 0 bridgehead atoms. The normalized spacial score (nSPS) is 17.7. The van der Waals surface area contributed by atoms with Crippen molar-refractivity contribution in [2.75, 3.05) is 11.5 Å². The lowest BCUT2D eigenvalue weighted by atomic mass is 10.1. The Morgan fingerprint density at radius 2 is 1.87 bits per heavy atom. The number of carbonyl (C=O) groups excluding carboxylic acids is 1. The average molecular weight is 460 g/mol. The number of benzene rings is 2. The minimum atomic E-state index is -3.23. The van der Waals surface area contributed by atoms with E-state index < -0.39 is 21.8 Å². The summed E-state index contributed by atoms with van der Waals surface area (Å²) in [5.41, 5.74) is 2.60. The zero-order chi connectivity index (χ0) is 22.3. The smallest absolute Gasteiger partial charge is 0.290 e. The molecule has 0 radical (unpaired) electrons. The van der Waals surface area contributed by atoms with E-state index >= 15 is 0 Å². The lowest BCUT2D eigenvalue weighted by Gasteiger charge is -2.28. The second kappa shape index (κ2) is 8.13. The van der Waals surface area contributed by atoms with Gasteiger partial charge in [0.05, 0.1) is 16.9 Å². The number of hydrogen-bond acceptors (Lipinski definition) is 5. The van der Waals surface area contributed by atoms with E-state index in [1.54, 1.807) is 36.4 Å². The standard InChI is InChI=1S/C23H22ClNO5S/c1-14-9-18-20(26)11-22(30-21(18)10-15(14)2)23(27)25(17-7-8-31(28,29)13-17)12-16-5-3-4-6-19(16)24/h3-6,9-11,17H,7-8,12-13H2,1-2H3/t17-/m1/s1. The molecule has 3 aromatic rings. The maximum absolute atomic E-state index is 13.5. The van der Waals surface area contributed by atoms with E-state index in [4.69, 9.17) is 16.0 Å². The molecule has 2 heterocycles. The molecule has 4 rings (SSSR count). The number of aryl methyl sites for hydroxylation is 2. The third-order valence-corrected chi connectivity index (χ3v) is 7.88. The number of nitrogens with zero attached hydrogens (tertiary/aromatic N) is 1. The van der Waals surface area contributed by atoms with Crippen molar-refractivity contribution in [1.82, 2.24) is 4.90 Å². The van der Waals surface area contributed by atoms with E-state index in [9.17, 15) is 18.0 Å². The van der Waals surface area contributed by atoms with Gasteiger partial charge in [-0.25, -0.2) is 8.42 Å². The van der Waals surface area contributed by atoms with Crippen LogP contribution in [0.25, 0.3) is 11.0 Å². The average Bonchev–Trinajstić information content (AvgIpc) is 3.07. The third-order valence-electron chi connectivity index (χ3n) is 5.76. The molecule has 1 aliphatic heterocycles. The van der Waals surface area contributed by atoms with Gasteiger partial charge in [0, 0.05) is 23.7 Å². The first kappa shape index (κ1) is 21.6. The maximum atomic E-state index is 13.5. The van der Waals surface area contributed by atoms with Crippen LogP contribution in [0.1, 0.15) is 33.7 Å². The predicted molar refractivity (Wildman–Crippen MR) is 120 cm³/mol. The molecule has 2 aromatic carbocycles. The summed E-state index contributed by atoms with van der Waals surface area (Å²) >= 11 is 6.29. The van der Waals surface area contributed by atoms with Gasteiger partial charge in [-0.05, 0) is 55.2 Å². The van der Waals surface area contributed by atoms with Crippen LogP contribution in [0.2, 0.25) is 5.02 Å². The highest BCUT2D eigenvalue weighted by Crippen LogP contribution is 2.26. The van der Waals surface area contributed by atoms with E-state index in [0.29, 0.717) is 28.0 Å². The van der Waals surface area contributed by atoms with Gasteiger partial charge in [0.25, 0.3) is 5.91 Å². The van der Waals surface area contributed by atoms with Crippen LogP contribution in [-0.4, -0.2) is 36.8 Å². The number of halogens is 1. The number of amides is 1. The van der Waals surface area contributed by atoms with Crippen LogP contribution >= 0.6 is 11.6 Å². The maximum Gasteiger partial charge on any atom is 0.290 e. The molecule has 0 spiro atoms. The van der Waals surface area contributed by atoms with Crippen LogP contribution in [0, 0.1) is 13.8 Å². The first-order valence-electron chi connectivity index (χ1n) is 9.94. The fourth-order valence-corrected chi connectivity index (χ4v) is 5.78. The Kier molecular flexibility index (Phi) is 5.66. The summed E-state index contributed by atoms with van der Waals surface area (Å²) in [5.74, 6) is -0.750. The fourth-order valence-electron chi connectivity index (χ4n) is 3.86. The van der Waals surface area contributed by atoms with Crippen LogP contribution in [0.3, 0.4) is 0 Å². The summed E-state index contributed by atoms with van der Waals surface area (Å²) in [5, 5.41) is 0.882. The van der Waals surface area contributed by atoms with E-state index in [1.165, 1.54) is 11.0 Å². The largest absolute Gasteiger partial charge is 0.451 e. The summed E-state index contributed by atoms with van der Waals surface area (Å²) in [6.45, 7) is 3.92. The van der Waals surface area contributed by atoms with Crippen LogP contribution in [0.5, 0.6) is 0 Å². The van der Waals surface area contributed by atoms with Gasteiger partial charge in [0.2, 0.25) is 0 Å². The summed E-state index contributed by atoms with van der Waals surface area (Å²) in [7, 11) is -3.23. The van der Waals surface area contributed by atoms with Crippen molar-refractivity contribution in [1.29, 1.82) is 0 Å². The number of carbonyl (C=O) groups is 1. The summed E-state index contributed by atoms with van der Waals surface area (Å²) < 4.78 is 30.0. The highest BCUT2D eigenvalue weighted by Gasteiger charge is 2.36. The molecule has 0 N–H and O–H groups in total. The van der Waals surface area contributed by atoms with E-state index in [0.717, 1.165) is 11.1 Å². The van der Waals surface area contributed by atoms with Crippen molar-refractivity contribution >= 4 is 38.3 Å². The quantitative estimate of drug-likeness (QED) is 0.590. The Labute approximate surface area is 185 Å². The number of hydrogen-bond donors (Lipinski definition) is 0. The van der Waals surface area contributed by atoms with Crippen molar-refractivity contribution < 1.29 is 17.6 Å². The zero-order valence-corrected chi connectivity index (χ0v) is 18.8. The predicted octanol–water partition coefficient (Wildman–Crippen LogP) is 3.89. The Balaban J connectivity index is 1.77. The van der Waals surface area contributed by atoms with Gasteiger partial charge in [-0.3, -0.25) is 9.59 Å². The molecule has 1 aliphatic rings. The van der Waals surface area contributed by atoms with Crippen LogP contribution in [0.15, 0.2) is 51.7 Å². The molecule has 162 valence electrons. The number of sulfone groups is 1. The third kappa shape index (κ3) is 4.38. The first-order valence-corrected chi connectivity index (χ1v) is 12.1. The summed E-state index contributed by atoms with van der Waals surface area (Å²) in [4.78, 5) is 27.6. The van der Waals surface area contributed by atoms with Crippen molar-refractivity contribution in [2.45, 2.75) is 32.9 Å². The second-order valence-corrected chi connectivity index (χ2v) is 10.6. The Bertz CT molecular complexity index is 1350. The van der Waals surface area contributed by atoms with Crippen LogP contribution in [0.4, 0.5) is 0 Å². The van der Waals surface area contributed by atoms with Crippen LogP contribution in [-0.2, 0) is 16.4 Å². The molecule has 1 aromatic heterocycles. The fraction of sp³-hybridized carbons (Fsp3) is 0.304. The summed E-state index contributed by atoms with van der Waals surface area (Å²) in [6, 6.07) is 11.2. The van der Waals surface area contributed by atoms with Crippen molar-refractivity contribution in [2.24, 2.45) is 0 Å². The lowest BCUT2D eigenvalue weighted by Crippen LogP contribution is -2.41. The van der Waals surface area contributed by atoms with Gasteiger partial charge in [-0.1, -0.05) is 29.8 Å². The molecule has 8 heteroatoms. The molecule has 1 atom stereocenters. The minimum Gasteiger partial charge on any atom is -0.451 e. The van der Waals surface area contributed by atoms with E-state index in [1.807, 2.05) is 13.8 Å². The van der Waals surface area contributed by atoms with Gasteiger partial charge < -0.3 is 9.32 Å². The molecule has 0 aliphatic carbocycles. The van der Waals surface area contributed by atoms with Gasteiger partial charge >= 0.3 is 0 Å². The zero-order valence-electron chi connectivity index (χ0n) is 17.2. The second-order valence-electron chi connectivity index (χ2n) is 7.99. The summed E-state index contributed by atoms with van der Waals surface area (Å²) in [6.07, 6.45) is 0.328. The molecule has 6 nitrogen and oxygen atoms in total. The molecular formula is C23H22ClNO5S. The molecule has 1 saturated heterocycles. The van der Waals surface area contributed by atoms with Crippen molar-refractivity contribution in [3.63, 3.8) is 0 Å². The van der Waals surface area contributed by atoms with Crippen molar-refractivity contribution in [3.05, 3.63) is 80.2 Å². The Hall–Kier alpha value is -2.64. The molecule has 31 heavy (non-hydrogen) atoms. The molecule has 0 unspecified atom stereocenters. The highest BCUT2D eigenvalue weighted by atomic mass is 35.5. The molecule has 0 saturated carbocycles. The van der Waals surface area contributed by atoms with E-state index in [-0.39, 0.29) is 29.2 Å². The van der Waals surface area contributed by atoms with Gasteiger partial charge in [0.15, 0.2) is 21.0 Å². The van der Waals surface area contributed by atoms with Crippen molar-refractivity contribution in [3.8, 4) is 0 Å². The highest BCUT2D eigenvalue weighted by molar-refractivity contribution is 7.91. The number of fused-ring (bicyclic) bond motifs is 1. The first-order chi connectivity index (χ1) is 14.6.